The fourth-order valence-corrected chi connectivity index (χ4v) is 3.82. The number of likely N-dealkylation sites (tertiary alicyclic amines) is 1. The summed E-state index contributed by atoms with van der Waals surface area (Å²) >= 11 is 0. The maximum atomic E-state index is 13.1. The summed E-state index contributed by atoms with van der Waals surface area (Å²) in [5.41, 5.74) is 2.51. The Morgan fingerprint density at radius 1 is 1.21 bits per heavy atom. The number of aromatic nitrogens is 2. The maximum Gasteiger partial charge on any atom is 0.326 e. The highest BCUT2D eigenvalue weighted by Gasteiger charge is 2.34. The number of nitrogens with zero attached hydrogens (tertiary/aromatic N) is 3. The number of halogens is 1. The van der Waals surface area contributed by atoms with Crippen LogP contribution in [0.1, 0.15) is 30.7 Å². The van der Waals surface area contributed by atoms with E-state index in [1.165, 1.54) is 12.1 Å². The van der Waals surface area contributed by atoms with Gasteiger partial charge in [-0.15, -0.1) is 0 Å². The molecule has 1 atom stereocenters. The van der Waals surface area contributed by atoms with Gasteiger partial charge in [-0.1, -0.05) is 24.3 Å². The van der Waals surface area contributed by atoms with E-state index in [4.69, 9.17) is 9.72 Å². The molecule has 0 unspecified atom stereocenters. The van der Waals surface area contributed by atoms with Crippen LogP contribution in [0.15, 0.2) is 48.5 Å². The van der Waals surface area contributed by atoms with Crippen LogP contribution in [0.2, 0.25) is 0 Å². The fourth-order valence-electron chi connectivity index (χ4n) is 3.82. The third-order valence-electron chi connectivity index (χ3n) is 5.14. The molecule has 2 heterocycles. The maximum absolute atomic E-state index is 13.1. The van der Waals surface area contributed by atoms with Crippen molar-refractivity contribution in [1.82, 2.24) is 14.5 Å². The van der Waals surface area contributed by atoms with E-state index < -0.39 is 0 Å². The van der Waals surface area contributed by atoms with Crippen LogP contribution in [0, 0.1) is 5.82 Å². The first-order valence-corrected chi connectivity index (χ1v) is 9.68. The van der Waals surface area contributed by atoms with E-state index in [2.05, 4.69) is 0 Å². The van der Waals surface area contributed by atoms with Gasteiger partial charge in [0.2, 0.25) is 5.91 Å². The van der Waals surface area contributed by atoms with Crippen molar-refractivity contribution in [1.29, 1.82) is 0 Å². The average molecular weight is 395 g/mol. The number of amides is 1. The number of ether oxygens (including phenoxy) is 1. The Bertz CT molecular complexity index is 1050. The number of hydrogen-bond donors (Lipinski definition) is 0. The first kappa shape index (κ1) is 19.1. The lowest BCUT2D eigenvalue weighted by molar-refractivity contribution is -0.143. The average Bonchev–Trinajstić information content (AvgIpc) is 3.25. The summed E-state index contributed by atoms with van der Waals surface area (Å²) in [6.07, 6.45) is 0.327. The van der Waals surface area contributed by atoms with Gasteiger partial charge < -0.3 is 14.2 Å². The number of carbonyl (C=O) groups is 2. The molecular formula is C22H22FN3O3. The van der Waals surface area contributed by atoms with Crippen molar-refractivity contribution in [3.05, 3.63) is 65.7 Å². The van der Waals surface area contributed by atoms with Gasteiger partial charge in [0.05, 0.1) is 17.6 Å². The van der Waals surface area contributed by atoms with Crippen molar-refractivity contribution < 1.29 is 18.7 Å². The Hall–Kier alpha value is -3.22. The van der Waals surface area contributed by atoms with Crippen molar-refractivity contribution in [2.45, 2.75) is 32.4 Å². The monoisotopic (exact) mass is 395 g/mol. The van der Waals surface area contributed by atoms with Gasteiger partial charge in [-0.3, -0.25) is 9.59 Å². The molecule has 1 saturated heterocycles. The van der Waals surface area contributed by atoms with Crippen LogP contribution >= 0.6 is 0 Å². The highest BCUT2D eigenvalue weighted by Crippen LogP contribution is 2.31. The predicted molar refractivity (Wildman–Crippen MR) is 106 cm³/mol. The quantitative estimate of drug-likeness (QED) is 0.601. The molecule has 0 saturated carbocycles. The van der Waals surface area contributed by atoms with Crippen LogP contribution in [0.5, 0.6) is 0 Å². The normalized spacial score (nSPS) is 16.6. The number of hydrogen-bond acceptors (Lipinski definition) is 4. The van der Waals surface area contributed by atoms with Crippen molar-refractivity contribution in [3.8, 4) is 0 Å². The van der Waals surface area contributed by atoms with Crippen LogP contribution in [-0.4, -0.2) is 39.5 Å². The van der Waals surface area contributed by atoms with E-state index >= 15 is 0 Å². The standard InChI is InChI=1S/C22H22FN3O3/c1-2-29-21(28)14-26-19-6-4-3-5-18(19)24-22(26)16-11-20(27)25(13-16)12-15-7-9-17(23)10-8-15/h3-10,16H,2,11-14H2,1H3/t16-/m1/s1. The van der Waals surface area contributed by atoms with E-state index in [0.717, 1.165) is 16.6 Å². The van der Waals surface area contributed by atoms with Gasteiger partial charge in [0.1, 0.15) is 18.2 Å². The van der Waals surface area contributed by atoms with E-state index in [9.17, 15) is 14.0 Å². The van der Waals surface area contributed by atoms with Crippen LogP contribution in [-0.2, 0) is 27.4 Å². The minimum absolute atomic E-state index is 0.0223. The smallest absolute Gasteiger partial charge is 0.326 e. The zero-order valence-corrected chi connectivity index (χ0v) is 16.2. The number of carbonyl (C=O) groups excluding carboxylic acids is 2. The lowest BCUT2D eigenvalue weighted by atomic mass is 10.1. The van der Waals surface area contributed by atoms with Crippen LogP contribution in [0.3, 0.4) is 0 Å². The van der Waals surface area contributed by atoms with E-state index in [0.29, 0.717) is 31.9 Å². The molecule has 150 valence electrons. The van der Waals surface area contributed by atoms with Crippen LogP contribution < -0.4 is 0 Å². The summed E-state index contributed by atoms with van der Waals surface area (Å²) in [6, 6.07) is 13.8. The number of imidazole rings is 1. The fraction of sp³-hybridized carbons (Fsp3) is 0.318. The largest absolute Gasteiger partial charge is 0.465 e. The van der Waals surface area contributed by atoms with Gasteiger partial charge in [0, 0.05) is 25.4 Å². The van der Waals surface area contributed by atoms with Crippen LogP contribution in [0.25, 0.3) is 11.0 Å². The second kappa shape index (κ2) is 8.03. The first-order chi connectivity index (χ1) is 14.0. The molecular weight excluding hydrogens is 373 g/mol. The molecule has 3 aromatic rings. The zero-order valence-electron chi connectivity index (χ0n) is 16.2. The van der Waals surface area contributed by atoms with E-state index in [1.807, 2.05) is 28.8 Å². The minimum Gasteiger partial charge on any atom is -0.465 e. The minimum atomic E-state index is -0.329. The number of para-hydroxylation sites is 2. The van der Waals surface area contributed by atoms with Gasteiger partial charge in [0.25, 0.3) is 0 Å². The first-order valence-electron chi connectivity index (χ1n) is 9.68. The second-order valence-corrected chi connectivity index (χ2v) is 7.15. The summed E-state index contributed by atoms with van der Waals surface area (Å²) in [5.74, 6) is -0.00972. The molecule has 1 aromatic heterocycles. The molecule has 1 aliphatic heterocycles. The van der Waals surface area contributed by atoms with E-state index in [-0.39, 0.29) is 30.2 Å². The molecule has 0 spiro atoms. The van der Waals surface area contributed by atoms with Crippen molar-refractivity contribution in [2.24, 2.45) is 0 Å². The topological polar surface area (TPSA) is 64.4 Å². The molecule has 0 aliphatic carbocycles. The van der Waals surface area contributed by atoms with Gasteiger partial charge in [0.15, 0.2) is 0 Å². The number of rotatable bonds is 6. The third-order valence-corrected chi connectivity index (χ3v) is 5.14. The molecule has 6 nitrogen and oxygen atoms in total. The predicted octanol–water partition coefficient (Wildman–Crippen LogP) is 3.25. The molecule has 2 aromatic carbocycles. The molecule has 29 heavy (non-hydrogen) atoms. The molecule has 4 rings (SSSR count). The number of benzene rings is 2. The lowest BCUT2D eigenvalue weighted by Crippen LogP contribution is -2.25. The summed E-state index contributed by atoms with van der Waals surface area (Å²) in [7, 11) is 0. The zero-order chi connectivity index (χ0) is 20.4. The van der Waals surface area contributed by atoms with Gasteiger partial charge in [-0.25, -0.2) is 9.37 Å². The highest BCUT2D eigenvalue weighted by atomic mass is 19.1. The number of fused-ring (bicyclic) bond motifs is 1. The summed E-state index contributed by atoms with van der Waals surface area (Å²) in [5, 5.41) is 0. The Morgan fingerprint density at radius 3 is 2.72 bits per heavy atom. The summed E-state index contributed by atoms with van der Waals surface area (Å²) in [4.78, 5) is 31.2. The van der Waals surface area contributed by atoms with Crippen molar-refractivity contribution in [3.63, 3.8) is 0 Å². The molecule has 0 radical (unpaired) electrons. The molecule has 7 heteroatoms. The molecule has 1 amide bonds. The van der Waals surface area contributed by atoms with Crippen LogP contribution in [0.4, 0.5) is 4.39 Å². The second-order valence-electron chi connectivity index (χ2n) is 7.15. The van der Waals surface area contributed by atoms with E-state index in [1.54, 1.807) is 24.0 Å². The Balaban J connectivity index is 1.60. The third kappa shape index (κ3) is 3.99. The Labute approximate surface area is 167 Å². The Morgan fingerprint density at radius 2 is 1.97 bits per heavy atom. The summed E-state index contributed by atoms with van der Waals surface area (Å²) in [6.45, 7) is 3.07. The molecule has 0 N–H and O–H groups in total. The van der Waals surface area contributed by atoms with Gasteiger partial charge in [-0.05, 0) is 36.8 Å². The molecule has 1 fully saturated rings. The lowest BCUT2D eigenvalue weighted by Gasteiger charge is -2.17. The number of esters is 1. The van der Waals surface area contributed by atoms with Crippen molar-refractivity contribution in [2.75, 3.05) is 13.2 Å². The highest BCUT2D eigenvalue weighted by molar-refractivity contribution is 5.82. The van der Waals surface area contributed by atoms with Gasteiger partial charge >= 0.3 is 5.97 Å². The molecule has 1 aliphatic rings. The SMILES string of the molecule is CCOC(=O)Cn1c([C@@H]2CC(=O)N(Cc3ccc(F)cc3)C2)nc2ccccc21. The van der Waals surface area contributed by atoms with Crippen molar-refractivity contribution >= 4 is 22.9 Å². The Kier molecular flexibility index (Phi) is 5.29. The summed E-state index contributed by atoms with van der Waals surface area (Å²) < 4.78 is 20.1. The molecule has 0 bridgehead atoms. The van der Waals surface area contributed by atoms with Gasteiger partial charge in [-0.2, -0.15) is 0 Å².